The smallest absolute Gasteiger partial charge is 0.234 e. The summed E-state index contributed by atoms with van der Waals surface area (Å²) in [5.74, 6) is -0.0277. The van der Waals surface area contributed by atoms with E-state index in [2.05, 4.69) is 26.6 Å². The number of carbonyl (C=O) groups excluding carboxylic acids is 5. The predicted octanol–water partition coefficient (Wildman–Crippen LogP) is 0.505. The Labute approximate surface area is 202 Å². The van der Waals surface area contributed by atoms with Gasteiger partial charge in [-0.3, -0.25) is 24.0 Å². The standard InChI is InChI=1S/C24H41N5O5/c1-16(30)11-21(31)26-15-27-22(32)13-23(33)28-19-7-3-17(4-8-19)12-18-5-9-20(10-6-18)29-24(34)14-25-2/h17-20,25H,3-15H2,1-2H3,(H,26,31)(H,27,32)(H,28,33)(H,29,34). The minimum Gasteiger partial charge on any atom is -0.353 e. The van der Waals surface area contributed by atoms with Gasteiger partial charge in [0.05, 0.1) is 19.6 Å². The van der Waals surface area contributed by atoms with Gasteiger partial charge in [-0.15, -0.1) is 0 Å². The molecule has 0 aromatic carbocycles. The minimum absolute atomic E-state index is 0.0697. The monoisotopic (exact) mass is 479 g/mol. The molecule has 0 unspecified atom stereocenters. The van der Waals surface area contributed by atoms with Crippen molar-refractivity contribution in [1.82, 2.24) is 26.6 Å². The summed E-state index contributed by atoms with van der Waals surface area (Å²) in [6.07, 6.45) is 9.14. The molecule has 0 aromatic heterocycles. The maximum Gasteiger partial charge on any atom is 0.234 e. The molecule has 0 heterocycles. The lowest BCUT2D eigenvalue weighted by molar-refractivity contribution is -0.130. The van der Waals surface area contributed by atoms with Gasteiger partial charge in [-0.2, -0.15) is 0 Å². The van der Waals surface area contributed by atoms with Crippen molar-refractivity contribution in [2.45, 2.75) is 89.6 Å². The fourth-order valence-corrected chi connectivity index (χ4v) is 5.01. The average Bonchev–Trinajstić information content (AvgIpc) is 2.76. The Morgan fingerprint density at radius 3 is 1.59 bits per heavy atom. The van der Waals surface area contributed by atoms with Gasteiger partial charge < -0.3 is 26.6 Å². The number of carbonyl (C=O) groups is 5. The van der Waals surface area contributed by atoms with Gasteiger partial charge in [-0.1, -0.05) is 0 Å². The topological polar surface area (TPSA) is 146 Å². The van der Waals surface area contributed by atoms with E-state index in [0.29, 0.717) is 24.4 Å². The predicted molar refractivity (Wildman–Crippen MR) is 127 cm³/mol. The van der Waals surface area contributed by atoms with Crippen LogP contribution in [0.2, 0.25) is 0 Å². The average molecular weight is 480 g/mol. The number of nitrogens with one attached hydrogen (secondary N) is 5. The van der Waals surface area contributed by atoms with Gasteiger partial charge in [0.15, 0.2) is 0 Å². The molecular formula is C24H41N5O5. The first kappa shape index (κ1) is 27.8. The van der Waals surface area contributed by atoms with Crippen LogP contribution in [0.25, 0.3) is 0 Å². The summed E-state index contributed by atoms with van der Waals surface area (Å²) in [6.45, 7) is 1.58. The number of ketones is 1. The Morgan fingerprint density at radius 1 is 0.647 bits per heavy atom. The third-order valence-electron chi connectivity index (χ3n) is 6.73. The van der Waals surface area contributed by atoms with Gasteiger partial charge in [-0.25, -0.2) is 0 Å². The second-order valence-electron chi connectivity index (χ2n) is 9.77. The number of hydrogen-bond donors (Lipinski definition) is 5. The van der Waals surface area contributed by atoms with Crippen molar-refractivity contribution in [3.05, 3.63) is 0 Å². The number of amides is 4. The van der Waals surface area contributed by atoms with E-state index in [1.54, 1.807) is 7.05 Å². The van der Waals surface area contributed by atoms with Gasteiger partial charge in [0.2, 0.25) is 23.6 Å². The minimum atomic E-state index is -0.466. The Balaban J connectivity index is 1.56. The summed E-state index contributed by atoms with van der Waals surface area (Å²) in [5.41, 5.74) is 0. The van der Waals surface area contributed by atoms with Crippen LogP contribution in [0.15, 0.2) is 0 Å². The van der Waals surface area contributed by atoms with E-state index in [9.17, 15) is 24.0 Å². The SMILES string of the molecule is CNCC(=O)NC1CCC(CC2CCC(NC(=O)CC(=O)NCNC(=O)CC(C)=O)CC2)CC1. The lowest BCUT2D eigenvalue weighted by Crippen LogP contribution is -2.42. The van der Waals surface area contributed by atoms with Gasteiger partial charge in [0.1, 0.15) is 12.2 Å². The number of hydrogen-bond acceptors (Lipinski definition) is 6. The second-order valence-corrected chi connectivity index (χ2v) is 9.77. The fourth-order valence-electron chi connectivity index (χ4n) is 5.01. The van der Waals surface area contributed by atoms with Crippen LogP contribution >= 0.6 is 0 Å². The Kier molecular flexibility index (Phi) is 12.0. The molecule has 0 saturated heterocycles. The van der Waals surface area contributed by atoms with Crippen LogP contribution in [0.1, 0.15) is 77.6 Å². The zero-order valence-corrected chi connectivity index (χ0v) is 20.5. The summed E-state index contributed by atoms with van der Waals surface area (Å²) in [5, 5.41) is 13.8. The molecule has 10 nitrogen and oxygen atoms in total. The molecule has 10 heteroatoms. The molecule has 0 bridgehead atoms. The van der Waals surface area contributed by atoms with Crippen molar-refractivity contribution < 1.29 is 24.0 Å². The van der Waals surface area contributed by atoms with Crippen LogP contribution in [0, 0.1) is 11.8 Å². The maximum atomic E-state index is 12.2. The molecule has 2 fully saturated rings. The highest BCUT2D eigenvalue weighted by Gasteiger charge is 2.28. The Morgan fingerprint density at radius 2 is 1.12 bits per heavy atom. The zero-order valence-electron chi connectivity index (χ0n) is 20.5. The molecule has 0 aromatic rings. The zero-order chi connectivity index (χ0) is 24.9. The maximum absolute atomic E-state index is 12.2. The number of likely N-dealkylation sites (N-methyl/N-ethyl adjacent to an activating group) is 1. The van der Waals surface area contributed by atoms with Crippen LogP contribution in [0.4, 0.5) is 0 Å². The molecule has 0 atom stereocenters. The quantitative estimate of drug-likeness (QED) is 0.204. The van der Waals surface area contributed by atoms with Crippen molar-refractivity contribution in [2.75, 3.05) is 20.3 Å². The van der Waals surface area contributed by atoms with Crippen LogP contribution in [-0.4, -0.2) is 61.8 Å². The van der Waals surface area contributed by atoms with Crippen LogP contribution in [0.5, 0.6) is 0 Å². The Bertz CT molecular complexity index is 713. The number of Topliss-reactive ketones (excluding diaryl/α,β-unsaturated/α-hetero) is 1. The summed E-state index contributed by atoms with van der Waals surface area (Å²) in [4.78, 5) is 58.0. The molecule has 34 heavy (non-hydrogen) atoms. The molecule has 2 aliphatic rings. The summed E-state index contributed by atoms with van der Waals surface area (Å²) in [6, 6.07) is 0.405. The van der Waals surface area contributed by atoms with Gasteiger partial charge in [0.25, 0.3) is 0 Å². The Hall–Kier alpha value is -2.49. The molecule has 0 spiro atoms. The first-order chi connectivity index (χ1) is 16.2. The second kappa shape index (κ2) is 14.7. The summed E-state index contributed by atoms with van der Waals surface area (Å²) in [7, 11) is 1.78. The normalized spacial score (nSPS) is 24.5. The van der Waals surface area contributed by atoms with E-state index in [0.717, 1.165) is 51.4 Å². The van der Waals surface area contributed by atoms with Gasteiger partial charge in [0, 0.05) is 12.1 Å². The molecular weight excluding hydrogens is 438 g/mol. The molecule has 2 rings (SSSR count). The van der Waals surface area contributed by atoms with Crippen molar-refractivity contribution in [2.24, 2.45) is 11.8 Å². The molecule has 0 radical (unpaired) electrons. The van der Waals surface area contributed by atoms with Crippen molar-refractivity contribution in [1.29, 1.82) is 0 Å². The van der Waals surface area contributed by atoms with E-state index in [-0.39, 0.29) is 43.1 Å². The molecule has 5 N–H and O–H groups in total. The van der Waals surface area contributed by atoms with Gasteiger partial charge >= 0.3 is 0 Å². The van der Waals surface area contributed by atoms with Crippen molar-refractivity contribution in [3.8, 4) is 0 Å². The van der Waals surface area contributed by atoms with E-state index in [4.69, 9.17) is 0 Å². The highest BCUT2D eigenvalue weighted by molar-refractivity contribution is 5.98. The van der Waals surface area contributed by atoms with E-state index in [1.807, 2.05) is 0 Å². The first-order valence-corrected chi connectivity index (χ1v) is 12.5. The lowest BCUT2D eigenvalue weighted by Gasteiger charge is -2.34. The van der Waals surface area contributed by atoms with Crippen molar-refractivity contribution in [3.63, 3.8) is 0 Å². The first-order valence-electron chi connectivity index (χ1n) is 12.5. The fraction of sp³-hybridized carbons (Fsp3) is 0.792. The summed E-state index contributed by atoms with van der Waals surface area (Å²) < 4.78 is 0. The highest BCUT2D eigenvalue weighted by atomic mass is 16.2. The third kappa shape index (κ3) is 11.1. The summed E-state index contributed by atoms with van der Waals surface area (Å²) >= 11 is 0. The highest BCUT2D eigenvalue weighted by Crippen LogP contribution is 2.35. The molecule has 4 amide bonds. The number of rotatable bonds is 12. The van der Waals surface area contributed by atoms with Crippen molar-refractivity contribution >= 4 is 29.4 Å². The molecule has 192 valence electrons. The van der Waals surface area contributed by atoms with Crippen LogP contribution < -0.4 is 26.6 Å². The van der Waals surface area contributed by atoms with Crippen LogP contribution in [0.3, 0.4) is 0 Å². The van der Waals surface area contributed by atoms with Gasteiger partial charge in [-0.05, 0) is 83.6 Å². The van der Waals surface area contributed by atoms with E-state index in [1.165, 1.54) is 13.3 Å². The van der Waals surface area contributed by atoms with Crippen LogP contribution in [-0.2, 0) is 24.0 Å². The largest absolute Gasteiger partial charge is 0.353 e. The molecule has 2 saturated carbocycles. The third-order valence-corrected chi connectivity index (χ3v) is 6.73. The van der Waals surface area contributed by atoms with E-state index < -0.39 is 11.8 Å². The molecule has 0 aliphatic heterocycles. The molecule has 2 aliphatic carbocycles. The lowest BCUT2D eigenvalue weighted by atomic mass is 9.75. The van der Waals surface area contributed by atoms with E-state index >= 15 is 0 Å².